The highest BCUT2D eigenvalue weighted by Crippen LogP contribution is 2.08. The lowest BCUT2D eigenvalue weighted by Crippen LogP contribution is -1.88. The Hall–Kier alpha value is -1.58. The van der Waals surface area contributed by atoms with E-state index in [1.54, 1.807) is 18.5 Å². The van der Waals surface area contributed by atoms with E-state index < -0.39 is 0 Å². The number of carbonyl (C=O) groups is 1. The molecule has 0 aliphatic carbocycles. The van der Waals surface area contributed by atoms with E-state index in [4.69, 9.17) is 0 Å². The number of hydrogen-bond donors (Lipinski definition) is 1. The van der Waals surface area contributed by atoms with Crippen LogP contribution in [0.5, 0.6) is 0 Å². The number of hydrogen-bond acceptors (Lipinski definition) is 2. The quantitative estimate of drug-likeness (QED) is 0.575. The van der Waals surface area contributed by atoms with E-state index >= 15 is 0 Å². The first-order valence-corrected chi connectivity index (χ1v) is 2.87. The van der Waals surface area contributed by atoms with Crippen molar-refractivity contribution in [1.29, 1.82) is 0 Å². The summed E-state index contributed by atoms with van der Waals surface area (Å²) < 4.78 is 1.47. The maximum atomic E-state index is 10.3. The predicted molar refractivity (Wildman–Crippen MR) is 36.2 cm³/mol. The van der Waals surface area contributed by atoms with Gasteiger partial charge < -0.3 is 0 Å². The first-order valence-electron chi connectivity index (χ1n) is 2.87. The summed E-state index contributed by atoms with van der Waals surface area (Å²) in [7, 11) is 0. The summed E-state index contributed by atoms with van der Waals surface area (Å²) in [4.78, 5) is 10.3. The summed E-state index contributed by atoms with van der Waals surface area (Å²) in [5.41, 5.74) is 1.70. The Balaban J connectivity index is 2.88. The molecule has 0 amide bonds. The molecular weight excluding hydrogens is 130 g/mol. The molecule has 2 heterocycles. The third kappa shape index (κ3) is 0.500. The SMILES string of the molecule is O=Cn1ccc2[nH]ncc21. The van der Waals surface area contributed by atoms with Gasteiger partial charge in [0.05, 0.1) is 17.2 Å². The van der Waals surface area contributed by atoms with Gasteiger partial charge in [0, 0.05) is 6.20 Å². The van der Waals surface area contributed by atoms with Gasteiger partial charge in [0.2, 0.25) is 6.41 Å². The fraction of sp³-hybridized carbons (Fsp3) is 0. The van der Waals surface area contributed by atoms with Crippen LogP contribution >= 0.6 is 0 Å². The third-order valence-electron chi connectivity index (χ3n) is 1.44. The van der Waals surface area contributed by atoms with Gasteiger partial charge in [0.1, 0.15) is 0 Å². The maximum absolute atomic E-state index is 10.3. The van der Waals surface area contributed by atoms with Crippen molar-refractivity contribution in [3.63, 3.8) is 0 Å². The average Bonchev–Trinajstić information content (AvgIpc) is 2.44. The van der Waals surface area contributed by atoms with Gasteiger partial charge in [0.15, 0.2) is 0 Å². The predicted octanol–water partition coefficient (Wildman–Crippen LogP) is 0.403. The van der Waals surface area contributed by atoms with Crippen molar-refractivity contribution in [2.75, 3.05) is 0 Å². The Kier molecular flexibility index (Phi) is 0.887. The summed E-state index contributed by atoms with van der Waals surface area (Å²) in [5, 5.41) is 6.51. The number of rotatable bonds is 1. The second-order valence-corrected chi connectivity index (χ2v) is 2.00. The third-order valence-corrected chi connectivity index (χ3v) is 1.44. The largest absolute Gasteiger partial charge is 0.287 e. The van der Waals surface area contributed by atoms with Gasteiger partial charge in [-0.05, 0) is 6.07 Å². The molecule has 4 heteroatoms. The molecule has 0 atom stereocenters. The number of carbonyl (C=O) groups excluding carboxylic acids is 1. The van der Waals surface area contributed by atoms with E-state index in [2.05, 4.69) is 10.2 Å². The van der Waals surface area contributed by atoms with Gasteiger partial charge in [-0.3, -0.25) is 14.5 Å². The number of H-pyrrole nitrogens is 1. The van der Waals surface area contributed by atoms with E-state index in [0.29, 0.717) is 0 Å². The number of aromatic nitrogens is 3. The van der Waals surface area contributed by atoms with Crippen molar-refractivity contribution in [3.05, 3.63) is 18.5 Å². The van der Waals surface area contributed by atoms with Gasteiger partial charge >= 0.3 is 0 Å². The van der Waals surface area contributed by atoms with Crippen LogP contribution in [0.4, 0.5) is 0 Å². The van der Waals surface area contributed by atoms with E-state index in [-0.39, 0.29) is 0 Å². The van der Waals surface area contributed by atoms with Crippen LogP contribution in [0.1, 0.15) is 0 Å². The monoisotopic (exact) mass is 135 g/mol. The Labute approximate surface area is 56.5 Å². The van der Waals surface area contributed by atoms with Crippen molar-refractivity contribution in [3.8, 4) is 0 Å². The van der Waals surface area contributed by atoms with Crippen LogP contribution in [0, 0.1) is 0 Å². The highest BCUT2D eigenvalue weighted by molar-refractivity contribution is 5.81. The molecule has 0 radical (unpaired) electrons. The van der Waals surface area contributed by atoms with Crippen LogP contribution in [-0.4, -0.2) is 21.2 Å². The normalized spacial score (nSPS) is 10.4. The van der Waals surface area contributed by atoms with Crippen LogP contribution in [0.15, 0.2) is 18.5 Å². The van der Waals surface area contributed by atoms with Gasteiger partial charge in [-0.25, -0.2) is 0 Å². The number of fused-ring (bicyclic) bond motifs is 1. The Morgan fingerprint density at radius 3 is 3.40 bits per heavy atom. The van der Waals surface area contributed by atoms with Crippen LogP contribution < -0.4 is 0 Å². The molecule has 2 aromatic rings. The highest BCUT2D eigenvalue weighted by atomic mass is 16.1. The molecule has 0 aromatic carbocycles. The zero-order chi connectivity index (χ0) is 6.97. The Bertz CT molecular complexity index is 360. The molecule has 0 saturated heterocycles. The van der Waals surface area contributed by atoms with E-state index in [0.717, 1.165) is 17.4 Å². The summed E-state index contributed by atoms with van der Waals surface area (Å²) in [6, 6.07) is 1.80. The lowest BCUT2D eigenvalue weighted by molar-refractivity contribution is 0.549. The fourth-order valence-corrected chi connectivity index (χ4v) is 0.945. The number of nitrogens with zero attached hydrogens (tertiary/aromatic N) is 2. The Morgan fingerprint density at radius 2 is 2.60 bits per heavy atom. The van der Waals surface area contributed by atoms with Gasteiger partial charge in [-0.15, -0.1) is 0 Å². The molecule has 10 heavy (non-hydrogen) atoms. The summed E-state index contributed by atoms with van der Waals surface area (Å²) in [6.07, 6.45) is 4.05. The van der Waals surface area contributed by atoms with Gasteiger partial charge in [0.25, 0.3) is 0 Å². The van der Waals surface area contributed by atoms with E-state index in [1.807, 2.05) is 0 Å². The molecule has 50 valence electrons. The zero-order valence-electron chi connectivity index (χ0n) is 5.11. The summed E-state index contributed by atoms with van der Waals surface area (Å²) in [5.74, 6) is 0. The van der Waals surface area contributed by atoms with Crippen molar-refractivity contribution < 1.29 is 4.79 Å². The van der Waals surface area contributed by atoms with Crippen LogP contribution in [0.3, 0.4) is 0 Å². The molecule has 0 bridgehead atoms. The molecule has 0 fully saturated rings. The van der Waals surface area contributed by atoms with Crippen molar-refractivity contribution in [2.24, 2.45) is 0 Å². The highest BCUT2D eigenvalue weighted by Gasteiger charge is 1.98. The second-order valence-electron chi connectivity index (χ2n) is 2.00. The van der Waals surface area contributed by atoms with Crippen LogP contribution in [-0.2, 0) is 4.79 Å². The van der Waals surface area contributed by atoms with E-state index in [1.165, 1.54) is 4.57 Å². The molecule has 0 saturated carbocycles. The van der Waals surface area contributed by atoms with Crippen molar-refractivity contribution in [1.82, 2.24) is 14.8 Å². The molecule has 2 aromatic heterocycles. The minimum absolute atomic E-state index is 0.748. The standard InChI is InChI=1S/C6H5N3O/c10-4-9-2-1-5-6(9)3-7-8-5/h1-4H,(H,7,8). The van der Waals surface area contributed by atoms with Crippen LogP contribution in [0.2, 0.25) is 0 Å². The minimum atomic E-state index is 0.748. The molecule has 1 N–H and O–H groups in total. The first-order chi connectivity index (χ1) is 4.92. The lowest BCUT2D eigenvalue weighted by atomic mass is 10.5. The number of nitrogens with one attached hydrogen (secondary N) is 1. The smallest absolute Gasteiger partial charge is 0.218 e. The topological polar surface area (TPSA) is 50.7 Å². The average molecular weight is 135 g/mol. The number of aromatic amines is 1. The minimum Gasteiger partial charge on any atom is -0.287 e. The molecule has 0 spiro atoms. The molecular formula is C6H5N3O. The molecule has 4 nitrogen and oxygen atoms in total. The Morgan fingerprint density at radius 1 is 1.70 bits per heavy atom. The van der Waals surface area contributed by atoms with Crippen molar-refractivity contribution >= 4 is 17.4 Å². The van der Waals surface area contributed by atoms with Crippen molar-refractivity contribution in [2.45, 2.75) is 0 Å². The summed E-state index contributed by atoms with van der Waals surface area (Å²) >= 11 is 0. The first kappa shape index (κ1) is 5.22. The molecule has 2 rings (SSSR count). The lowest BCUT2D eigenvalue weighted by Gasteiger charge is -1.83. The van der Waals surface area contributed by atoms with E-state index in [9.17, 15) is 4.79 Å². The summed E-state index contributed by atoms with van der Waals surface area (Å²) in [6.45, 7) is 0. The second kappa shape index (κ2) is 1.70. The molecule has 0 unspecified atom stereocenters. The van der Waals surface area contributed by atoms with Gasteiger partial charge in [-0.1, -0.05) is 0 Å². The van der Waals surface area contributed by atoms with Gasteiger partial charge in [-0.2, -0.15) is 5.10 Å². The molecule has 0 aliphatic rings. The fourth-order valence-electron chi connectivity index (χ4n) is 0.945. The zero-order valence-corrected chi connectivity index (χ0v) is 5.11. The molecule has 0 aliphatic heterocycles. The van der Waals surface area contributed by atoms with Crippen LogP contribution in [0.25, 0.3) is 11.0 Å². The maximum Gasteiger partial charge on any atom is 0.218 e.